The third-order valence-electron chi connectivity index (χ3n) is 10.1. The van der Waals surface area contributed by atoms with Gasteiger partial charge in [0.1, 0.15) is 11.5 Å². The second-order valence-electron chi connectivity index (χ2n) is 12.0. The van der Waals surface area contributed by atoms with E-state index in [0.29, 0.717) is 41.3 Å². The lowest BCUT2D eigenvalue weighted by Gasteiger charge is -2.59. The summed E-state index contributed by atoms with van der Waals surface area (Å²) >= 11 is 0. The van der Waals surface area contributed by atoms with Crippen molar-refractivity contribution in [1.29, 1.82) is 5.26 Å². The maximum Gasteiger partial charge on any atom is 0.379 e. The molecule has 6 atom stereocenters. The number of Topliss-reactive ketones (excluding diaryl/α,β-unsaturated/α-hetero) is 1. The van der Waals surface area contributed by atoms with Gasteiger partial charge in [0, 0.05) is 11.3 Å². The zero-order valence-corrected chi connectivity index (χ0v) is 20.9. The summed E-state index contributed by atoms with van der Waals surface area (Å²) in [5.74, 6) is 2.09. The number of hydrogen-bond acceptors (Lipinski definition) is 5. The van der Waals surface area contributed by atoms with Gasteiger partial charge in [0.2, 0.25) is 5.76 Å². The number of esters is 1. The summed E-state index contributed by atoms with van der Waals surface area (Å²) in [5, 5.41) is 10.1. The molecule has 4 aliphatic rings. The Hall–Kier alpha value is -2.61. The lowest BCUT2D eigenvalue weighted by molar-refractivity contribution is -0.127. The molecule has 0 radical (unpaired) electrons. The first kappa shape index (κ1) is 23.1. The molecule has 0 spiro atoms. The maximum atomic E-state index is 12.7. The van der Waals surface area contributed by atoms with Crippen LogP contribution >= 0.6 is 0 Å². The van der Waals surface area contributed by atoms with Gasteiger partial charge in [0.05, 0.1) is 17.9 Å². The first-order valence-electron chi connectivity index (χ1n) is 12.6. The number of allylic oxidation sites excluding steroid dienone is 3. The topological polar surface area (TPSA) is 80.3 Å². The lowest BCUT2D eigenvalue weighted by Crippen LogP contribution is -2.52. The second kappa shape index (κ2) is 7.70. The van der Waals surface area contributed by atoms with Crippen LogP contribution in [-0.4, -0.2) is 11.8 Å². The van der Waals surface area contributed by atoms with Gasteiger partial charge in [-0.1, -0.05) is 25.5 Å². The summed E-state index contributed by atoms with van der Waals surface area (Å²) in [7, 11) is 0. The average Bonchev–Trinajstić information content (AvgIpc) is 3.43. The molecule has 0 amide bonds. The normalized spacial score (nSPS) is 38.2. The third-order valence-corrected chi connectivity index (χ3v) is 10.1. The minimum atomic E-state index is -0.566. The number of hydrogen-bond donors (Lipinski definition) is 0. The van der Waals surface area contributed by atoms with Crippen LogP contribution in [0.2, 0.25) is 0 Å². The van der Waals surface area contributed by atoms with Crippen molar-refractivity contribution in [3.8, 4) is 6.07 Å². The number of carbonyl (C=O) groups is 2. The summed E-state index contributed by atoms with van der Waals surface area (Å²) in [6.45, 7) is 10.6. The van der Waals surface area contributed by atoms with Crippen molar-refractivity contribution in [2.75, 3.05) is 0 Å². The predicted octanol–water partition coefficient (Wildman–Crippen LogP) is 6.63. The van der Waals surface area contributed by atoms with Gasteiger partial charge < -0.3 is 9.15 Å². The van der Waals surface area contributed by atoms with E-state index in [9.17, 15) is 14.9 Å². The Kier molecular flexibility index (Phi) is 5.24. The van der Waals surface area contributed by atoms with Crippen LogP contribution in [0.3, 0.4) is 0 Å². The number of ether oxygens (including phenoxy) is 1. The highest BCUT2D eigenvalue weighted by Gasteiger charge is 2.61. The minimum Gasteiger partial charge on any atom is -0.457 e. The van der Waals surface area contributed by atoms with Gasteiger partial charge in [0.15, 0.2) is 0 Å². The highest BCUT2D eigenvalue weighted by atomic mass is 16.6. The molecule has 2 fully saturated rings. The van der Waals surface area contributed by atoms with E-state index in [0.717, 1.165) is 32.1 Å². The van der Waals surface area contributed by atoms with E-state index in [1.807, 2.05) is 0 Å². The van der Waals surface area contributed by atoms with E-state index in [1.54, 1.807) is 19.1 Å². The molecule has 0 aromatic carbocycles. The summed E-state index contributed by atoms with van der Waals surface area (Å²) < 4.78 is 11.1. The predicted molar refractivity (Wildman–Crippen MR) is 127 cm³/mol. The van der Waals surface area contributed by atoms with Gasteiger partial charge >= 0.3 is 5.97 Å². The number of furan rings is 1. The number of nitriles is 1. The first-order chi connectivity index (χ1) is 16.0. The highest BCUT2D eigenvalue weighted by molar-refractivity contribution is 5.87. The van der Waals surface area contributed by atoms with Crippen LogP contribution in [0.5, 0.6) is 0 Å². The molecular formula is C29H35NO4. The zero-order chi connectivity index (χ0) is 24.5. The lowest BCUT2D eigenvalue weighted by atomic mass is 9.45. The molecule has 4 aliphatic carbocycles. The molecule has 1 heterocycles. The Bertz CT molecular complexity index is 1130. The smallest absolute Gasteiger partial charge is 0.379 e. The molecule has 0 N–H and O–H groups in total. The summed E-state index contributed by atoms with van der Waals surface area (Å²) in [6.07, 6.45) is 9.67. The fourth-order valence-electron chi connectivity index (χ4n) is 8.72. The van der Waals surface area contributed by atoms with Gasteiger partial charge in [-0.3, -0.25) is 4.79 Å². The Labute approximate surface area is 202 Å². The van der Waals surface area contributed by atoms with Crippen molar-refractivity contribution in [2.24, 2.45) is 39.9 Å². The number of carbonyl (C=O) groups excluding carboxylic acids is 2. The third kappa shape index (κ3) is 3.10. The summed E-state index contributed by atoms with van der Waals surface area (Å²) in [5.41, 5.74) is 1.22. The summed E-state index contributed by atoms with van der Waals surface area (Å²) in [6, 6.07) is 5.62. The molecule has 5 heteroatoms. The SMILES string of the molecule is CC(=O)[C@H]1CC[C@H]2[C@@H]3CC=C4C(C)(C)C(OC(=O)c5ccco5)=C(C#N)C[C@]4(C)[C@H]3CC[C@]12C. The molecule has 5 rings (SSSR count). The average molecular weight is 462 g/mol. The van der Waals surface area contributed by atoms with E-state index < -0.39 is 11.4 Å². The van der Waals surface area contributed by atoms with Crippen LogP contribution in [0.1, 0.15) is 83.7 Å². The molecule has 0 bridgehead atoms. The number of nitrogens with zero attached hydrogens (tertiary/aromatic N) is 1. The van der Waals surface area contributed by atoms with Crippen LogP contribution in [0, 0.1) is 51.2 Å². The minimum absolute atomic E-state index is 0.0938. The van der Waals surface area contributed by atoms with Crippen molar-refractivity contribution >= 4 is 11.8 Å². The molecule has 0 aliphatic heterocycles. The van der Waals surface area contributed by atoms with Crippen LogP contribution in [0.4, 0.5) is 0 Å². The van der Waals surface area contributed by atoms with Crippen molar-refractivity contribution in [3.63, 3.8) is 0 Å². The van der Waals surface area contributed by atoms with E-state index in [2.05, 4.69) is 39.8 Å². The van der Waals surface area contributed by atoms with Crippen LogP contribution < -0.4 is 0 Å². The fourth-order valence-corrected chi connectivity index (χ4v) is 8.72. The molecule has 34 heavy (non-hydrogen) atoms. The monoisotopic (exact) mass is 461 g/mol. The molecule has 5 nitrogen and oxygen atoms in total. The molecular weight excluding hydrogens is 426 g/mol. The Morgan fingerprint density at radius 2 is 1.91 bits per heavy atom. The van der Waals surface area contributed by atoms with Gasteiger partial charge in [-0.15, -0.1) is 0 Å². The number of rotatable bonds is 3. The van der Waals surface area contributed by atoms with Crippen LogP contribution in [-0.2, 0) is 9.53 Å². The van der Waals surface area contributed by atoms with Crippen molar-refractivity contribution in [2.45, 2.75) is 73.1 Å². The van der Waals surface area contributed by atoms with E-state index in [-0.39, 0.29) is 22.5 Å². The standard InChI is InChI=1S/C29H35NO4/c1-17(31)20-9-10-21-19-8-11-24-27(2,3)25(34-26(32)23-7-6-14-33-23)18(16-30)15-29(24,5)22(19)12-13-28(20,21)4/h6-7,11,14,19-22H,8-10,12-13,15H2,1-5H3/t19-,20+,21-,22-,28+,29+/m0/s1. The quantitative estimate of drug-likeness (QED) is 0.373. The molecule has 0 saturated heterocycles. The van der Waals surface area contributed by atoms with Gasteiger partial charge in [-0.25, -0.2) is 4.79 Å². The number of ketones is 1. The maximum absolute atomic E-state index is 12.7. The van der Waals surface area contributed by atoms with Gasteiger partial charge in [-0.05, 0) is 100 Å². The van der Waals surface area contributed by atoms with Gasteiger partial charge in [-0.2, -0.15) is 5.26 Å². The number of fused-ring (bicyclic) bond motifs is 5. The Morgan fingerprint density at radius 1 is 1.15 bits per heavy atom. The van der Waals surface area contributed by atoms with Gasteiger partial charge in [0.25, 0.3) is 0 Å². The highest BCUT2D eigenvalue weighted by Crippen LogP contribution is 2.68. The molecule has 180 valence electrons. The molecule has 0 unspecified atom stereocenters. The Balaban J connectivity index is 1.51. The van der Waals surface area contributed by atoms with E-state index in [4.69, 9.17) is 9.15 Å². The van der Waals surface area contributed by atoms with Crippen LogP contribution in [0.15, 0.2) is 45.8 Å². The molecule has 1 aromatic heterocycles. The summed E-state index contributed by atoms with van der Waals surface area (Å²) in [4.78, 5) is 25.2. The Morgan fingerprint density at radius 3 is 2.56 bits per heavy atom. The second-order valence-corrected chi connectivity index (χ2v) is 12.0. The van der Waals surface area contributed by atoms with Crippen molar-refractivity contribution in [3.05, 3.63) is 47.1 Å². The molecule has 2 saturated carbocycles. The zero-order valence-electron chi connectivity index (χ0n) is 20.9. The van der Waals surface area contributed by atoms with E-state index >= 15 is 0 Å². The van der Waals surface area contributed by atoms with Crippen molar-refractivity contribution < 1.29 is 18.7 Å². The van der Waals surface area contributed by atoms with Crippen LogP contribution in [0.25, 0.3) is 0 Å². The fraction of sp³-hybridized carbons (Fsp3) is 0.621. The van der Waals surface area contributed by atoms with E-state index in [1.165, 1.54) is 11.8 Å². The largest absolute Gasteiger partial charge is 0.457 e. The molecule has 1 aromatic rings. The van der Waals surface area contributed by atoms with Crippen molar-refractivity contribution in [1.82, 2.24) is 0 Å². The first-order valence-corrected chi connectivity index (χ1v) is 12.6.